The number of carbonyl (C=O) groups excluding carboxylic acids is 1. The highest BCUT2D eigenvalue weighted by molar-refractivity contribution is 5.64. The van der Waals surface area contributed by atoms with Crippen molar-refractivity contribution >= 4 is 11.9 Å². The van der Waals surface area contributed by atoms with Crippen LogP contribution in [0, 0.1) is 0 Å². The first-order valence-electron chi connectivity index (χ1n) is 7.64. The van der Waals surface area contributed by atoms with Crippen LogP contribution in [0.3, 0.4) is 0 Å². The van der Waals surface area contributed by atoms with Gasteiger partial charge in [0.05, 0.1) is 24.3 Å². The summed E-state index contributed by atoms with van der Waals surface area (Å²) in [5.74, 6) is 0.747. The number of ether oxygens (including phenoxy) is 1. The maximum atomic E-state index is 10.8. The van der Waals surface area contributed by atoms with E-state index in [-0.39, 0.29) is 6.10 Å². The molecule has 1 fully saturated rings. The number of aromatic nitrogens is 4. The first-order valence-corrected chi connectivity index (χ1v) is 7.64. The molecule has 0 atom stereocenters. The van der Waals surface area contributed by atoms with Crippen LogP contribution in [0.5, 0.6) is 0 Å². The number of hydrogen-bond donors (Lipinski definition) is 2. The van der Waals surface area contributed by atoms with Crippen molar-refractivity contribution in [2.45, 2.75) is 37.8 Å². The normalized spacial score (nSPS) is 20.9. The molecule has 0 aliphatic heterocycles. The van der Waals surface area contributed by atoms with Crippen LogP contribution in [0.15, 0.2) is 24.8 Å². The Hall–Kier alpha value is -2.64. The van der Waals surface area contributed by atoms with Crippen LogP contribution in [0.4, 0.5) is 10.6 Å². The number of nitrogens with two attached hydrogens (primary N) is 1. The molecule has 23 heavy (non-hydrogen) atoms. The van der Waals surface area contributed by atoms with E-state index in [1.165, 1.54) is 0 Å². The third-order valence-electron chi connectivity index (χ3n) is 3.96. The molecule has 0 aromatic carbocycles. The van der Waals surface area contributed by atoms with Crippen LogP contribution < -0.4 is 11.1 Å². The summed E-state index contributed by atoms with van der Waals surface area (Å²) in [6, 6.07) is 0.307. The summed E-state index contributed by atoms with van der Waals surface area (Å²) in [7, 11) is 1.87. The summed E-state index contributed by atoms with van der Waals surface area (Å²) >= 11 is 0. The fourth-order valence-corrected chi connectivity index (χ4v) is 2.80. The number of amides is 1. The van der Waals surface area contributed by atoms with Crippen molar-refractivity contribution in [2.75, 3.05) is 5.32 Å². The van der Waals surface area contributed by atoms with Crippen molar-refractivity contribution < 1.29 is 9.53 Å². The molecule has 1 aliphatic rings. The van der Waals surface area contributed by atoms with Gasteiger partial charge in [0.2, 0.25) is 0 Å². The number of primary amides is 1. The van der Waals surface area contributed by atoms with Gasteiger partial charge in [-0.2, -0.15) is 5.10 Å². The minimum atomic E-state index is -0.696. The molecule has 0 unspecified atom stereocenters. The second-order valence-electron chi connectivity index (χ2n) is 5.74. The van der Waals surface area contributed by atoms with Crippen LogP contribution >= 0.6 is 0 Å². The SMILES string of the molecule is Cn1cc(-c2cnc(N[C@H]3CC[C@H](OC(N)=O)CC3)cn2)cn1. The lowest BCUT2D eigenvalue weighted by Crippen LogP contribution is -2.32. The summed E-state index contributed by atoms with van der Waals surface area (Å²) in [5, 5.41) is 7.50. The first-order chi connectivity index (χ1) is 11.1. The monoisotopic (exact) mass is 316 g/mol. The zero-order valence-electron chi connectivity index (χ0n) is 13.0. The molecule has 3 N–H and O–H groups in total. The maximum Gasteiger partial charge on any atom is 0.404 e. The van der Waals surface area contributed by atoms with Crippen molar-refractivity contribution in [1.82, 2.24) is 19.7 Å². The highest BCUT2D eigenvalue weighted by atomic mass is 16.6. The highest BCUT2D eigenvalue weighted by Crippen LogP contribution is 2.24. The summed E-state index contributed by atoms with van der Waals surface area (Å²) in [4.78, 5) is 19.6. The minimum absolute atomic E-state index is 0.0652. The van der Waals surface area contributed by atoms with Crippen LogP contribution in [0.25, 0.3) is 11.3 Å². The number of nitrogens with one attached hydrogen (secondary N) is 1. The van der Waals surface area contributed by atoms with Crippen molar-refractivity contribution in [1.29, 1.82) is 0 Å². The van der Waals surface area contributed by atoms with Gasteiger partial charge in [-0.25, -0.2) is 9.78 Å². The zero-order chi connectivity index (χ0) is 16.2. The lowest BCUT2D eigenvalue weighted by molar-refractivity contribution is 0.0805. The van der Waals surface area contributed by atoms with Crippen LogP contribution in [0.1, 0.15) is 25.7 Å². The Morgan fingerprint density at radius 2 is 2.04 bits per heavy atom. The van der Waals surface area contributed by atoms with E-state index >= 15 is 0 Å². The molecule has 2 heterocycles. The molecule has 1 aliphatic carbocycles. The Labute approximate surface area is 134 Å². The third kappa shape index (κ3) is 3.97. The van der Waals surface area contributed by atoms with E-state index in [9.17, 15) is 4.79 Å². The maximum absolute atomic E-state index is 10.8. The van der Waals surface area contributed by atoms with E-state index in [0.29, 0.717) is 6.04 Å². The average molecular weight is 316 g/mol. The fraction of sp³-hybridized carbons (Fsp3) is 0.467. The lowest BCUT2D eigenvalue weighted by atomic mass is 9.93. The molecule has 2 aromatic rings. The number of anilines is 1. The van der Waals surface area contributed by atoms with E-state index in [0.717, 1.165) is 42.8 Å². The standard InChI is InChI=1S/C15H20N6O2/c1-21-9-10(6-19-21)13-7-18-14(8-17-13)20-11-2-4-12(5-3-11)23-15(16)22/h6-9,11-12H,2-5H2,1H3,(H2,16,22)(H,18,20)/t11-,12-. The van der Waals surface area contributed by atoms with E-state index in [1.807, 2.05) is 13.2 Å². The molecular weight excluding hydrogens is 296 g/mol. The first kappa shape index (κ1) is 15.3. The molecule has 0 bridgehead atoms. The Bertz CT molecular complexity index is 661. The van der Waals surface area contributed by atoms with Crippen LogP contribution in [-0.4, -0.2) is 38.0 Å². The second-order valence-corrected chi connectivity index (χ2v) is 5.74. The number of rotatable bonds is 4. The minimum Gasteiger partial charge on any atom is -0.446 e. The number of carbonyl (C=O) groups is 1. The summed E-state index contributed by atoms with van der Waals surface area (Å²) in [6.07, 6.45) is 9.80. The van der Waals surface area contributed by atoms with Gasteiger partial charge in [-0.1, -0.05) is 0 Å². The summed E-state index contributed by atoms with van der Waals surface area (Å²) in [5.41, 5.74) is 6.78. The van der Waals surface area contributed by atoms with Gasteiger partial charge in [0.25, 0.3) is 0 Å². The van der Waals surface area contributed by atoms with E-state index in [4.69, 9.17) is 10.5 Å². The van der Waals surface area contributed by atoms with Gasteiger partial charge in [0.1, 0.15) is 11.9 Å². The molecular formula is C15H20N6O2. The van der Waals surface area contributed by atoms with Gasteiger partial charge >= 0.3 is 6.09 Å². The largest absolute Gasteiger partial charge is 0.446 e. The van der Waals surface area contributed by atoms with Gasteiger partial charge < -0.3 is 15.8 Å². The van der Waals surface area contributed by atoms with Crippen molar-refractivity contribution in [3.63, 3.8) is 0 Å². The van der Waals surface area contributed by atoms with Gasteiger partial charge in [0, 0.05) is 24.8 Å². The van der Waals surface area contributed by atoms with Crippen molar-refractivity contribution in [3.05, 3.63) is 24.8 Å². The van der Waals surface area contributed by atoms with Crippen LogP contribution in [-0.2, 0) is 11.8 Å². The lowest BCUT2D eigenvalue weighted by Gasteiger charge is -2.28. The van der Waals surface area contributed by atoms with Gasteiger partial charge in [-0.15, -0.1) is 0 Å². The molecule has 122 valence electrons. The molecule has 3 rings (SSSR count). The van der Waals surface area contributed by atoms with Crippen LogP contribution in [0.2, 0.25) is 0 Å². The molecule has 0 saturated heterocycles. The molecule has 0 radical (unpaired) electrons. The predicted octanol–water partition coefficient (Wildman–Crippen LogP) is 1.70. The quantitative estimate of drug-likeness (QED) is 0.888. The van der Waals surface area contributed by atoms with E-state index in [2.05, 4.69) is 20.4 Å². The third-order valence-corrected chi connectivity index (χ3v) is 3.96. The zero-order valence-corrected chi connectivity index (χ0v) is 13.0. The fourth-order valence-electron chi connectivity index (χ4n) is 2.80. The molecule has 0 spiro atoms. The Balaban J connectivity index is 1.54. The number of nitrogens with zero attached hydrogens (tertiary/aromatic N) is 4. The van der Waals surface area contributed by atoms with Crippen molar-refractivity contribution in [2.24, 2.45) is 12.8 Å². The molecule has 8 heteroatoms. The molecule has 1 amide bonds. The van der Waals surface area contributed by atoms with E-state index < -0.39 is 6.09 Å². The number of aryl methyl sites for hydroxylation is 1. The second kappa shape index (κ2) is 6.64. The van der Waals surface area contributed by atoms with Gasteiger partial charge in [-0.3, -0.25) is 9.67 Å². The average Bonchev–Trinajstić information content (AvgIpc) is 2.96. The topological polar surface area (TPSA) is 108 Å². The van der Waals surface area contributed by atoms with Gasteiger partial charge in [0.15, 0.2) is 0 Å². The molecule has 2 aromatic heterocycles. The molecule has 8 nitrogen and oxygen atoms in total. The summed E-state index contributed by atoms with van der Waals surface area (Å²) < 4.78 is 6.76. The highest BCUT2D eigenvalue weighted by Gasteiger charge is 2.23. The predicted molar refractivity (Wildman–Crippen MR) is 84.6 cm³/mol. The van der Waals surface area contributed by atoms with Crippen molar-refractivity contribution in [3.8, 4) is 11.3 Å². The Kier molecular flexibility index (Phi) is 4.40. The summed E-state index contributed by atoms with van der Waals surface area (Å²) in [6.45, 7) is 0. The smallest absolute Gasteiger partial charge is 0.404 e. The number of hydrogen-bond acceptors (Lipinski definition) is 6. The van der Waals surface area contributed by atoms with E-state index in [1.54, 1.807) is 23.3 Å². The Morgan fingerprint density at radius 3 is 2.61 bits per heavy atom. The van der Waals surface area contributed by atoms with Gasteiger partial charge in [-0.05, 0) is 25.7 Å². The molecule has 1 saturated carbocycles. The Morgan fingerprint density at radius 1 is 1.26 bits per heavy atom.